The van der Waals surface area contributed by atoms with Gasteiger partial charge in [0.05, 0.1) is 0 Å². The van der Waals surface area contributed by atoms with Gasteiger partial charge in [-0.3, -0.25) is 4.79 Å². The molecule has 1 aliphatic heterocycles. The molecule has 0 aliphatic carbocycles. The molecule has 0 radical (unpaired) electrons. The molecule has 0 spiro atoms. The minimum absolute atomic E-state index is 0.0488. The first-order chi connectivity index (χ1) is 12.1. The topological polar surface area (TPSA) is 50.5 Å². The van der Waals surface area contributed by atoms with Gasteiger partial charge in [-0.25, -0.2) is 4.79 Å². The molecular formula is C22H29NO3. The molecule has 140 valence electrons. The zero-order chi connectivity index (χ0) is 19.2. The normalized spacial score (nSPS) is 19.0. The van der Waals surface area contributed by atoms with E-state index in [1.165, 1.54) is 5.56 Å². The Morgan fingerprint density at radius 3 is 2.65 bits per heavy atom. The summed E-state index contributed by atoms with van der Waals surface area (Å²) in [4.78, 5) is 27.0. The van der Waals surface area contributed by atoms with Crippen LogP contribution >= 0.6 is 0 Å². The van der Waals surface area contributed by atoms with Gasteiger partial charge in [-0.1, -0.05) is 20.8 Å². The van der Waals surface area contributed by atoms with Gasteiger partial charge in [0.2, 0.25) is 0 Å². The van der Waals surface area contributed by atoms with E-state index in [0.717, 1.165) is 23.9 Å². The minimum atomic E-state index is -0.531. The molecule has 1 aliphatic rings. The molecule has 1 unspecified atom stereocenters. The van der Waals surface area contributed by atoms with Gasteiger partial charge in [-0.05, 0) is 56.2 Å². The largest absolute Gasteiger partial charge is 0.422 e. The van der Waals surface area contributed by atoms with E-state index in [1.54, 1.807) is 6.07 Å². The van der Waals surface area contributed by atoms with Crippen LogP contribution in [0.15, 0.2) is 27.4 Å². The van der Waals surface area contributed by atoms with E-state index in [4.69, 9.17) is 4.42 Å². The van der Waals surface area contributed by atoms with E-state index in [0.29, 0.717) is 23.8 Å². The summed E-state index contributed by atoms with van der Waals surface area (Å²) in [6, 6.07) is 5.76. The maximum Gasteiger partial charge on any atom is 0.347 e. The Bertz CT molecular complexity index is 907. The number of fused-ring (bicyclic) bond motifs is 2. The highest BCUT2D eigenvalue weighted by atomic mass is 16.4. The molecule has 26 heavy (non-hydrogen) atoms. The van der Waals surface area contributed by atoms with Crippen LogP contribution in [0.25, 0.3) is 11.0 Å². The van der Waals surface area contributed by atoms with Crippen LogP contribution in [-0.2, 0) is 0 Å². The standard InChI is InChI=1S/C22H29NO3/c1-13(2)7-8-19(24)17-10-15-9-16-14(3)12-22(4,5)23(6)18(16)11-20(15)26-21(17)25/h9-11,13-14H,7-8,12H2,1-6H3. The Balaban J connectivity index is 2.08. The summed E-state index contributed by atoms with van der Waals surface area (Å²) in [5.74, 6) is 0.712. The highest BCUT2D eigenvalue weighted by Crippen LogP contribution is 2.43. The molecule has 1 atom stereocenters. The summed E-state index contributed by atoms with van der Waals surface area (Å²) in [7, 11) is 2.08. The highest BCUT2D eigenvalue weighted by molar-refractivity contribution is 5.98. The summed E-state index contributed by atoms with van der Waals surface area (Å²) >= 11 is 0. The van der Waals surface area contributed by atoms with E-state index < -0.39 is 5.63 Å². The highest BCUT2D eigenvalue weighted by Gasteiger charge is 2.34. The van der Waals surface area contributed by atoms with Crippen LogP contribution in [0.2, 0.25) is 0 Å². The van der Waals surface area contributed by atoms with Gasteiger partial charge in [0.1, 0.15) is 11.1 Å². The number of Topliss-reactive ketones (excluding diaryl/α,β-unsaturated/α-hetero) is 1. The monoisotopic (exact) mass is 355 g/mol. The van der Waals surface area contributed by atoms with Gasteiger partial charge in [0.15, 0.2) is 5.78 Å². The van der Waals surface area contributed by atoms with Gasteiger partial charge in [0.25, 0.3) is 0 Å². The average Bonchev–Trinajstić information content (AvgIpc) is 2.55. The number of benzene rings is 1. The number of rotatable bonds is 4. The van der Waals surface area contributed by atoms with Gasteiger partial charge in [0, 0.05) is 36.1 Å². The predicted octanol–water partition coefficient (Wildman–Crippen LogP) is 5.13. The van der Waals surface area contributed by atoms with E-state index in [-0.39, 0.29) is 16.9 Å². The van der Waals surface area contributed by atoms with Gasteiger partial charge in [-0.15, -0.1) is 0 Å². The third-order valence-electron chi connectivity index (χ3n) is 5.74. The maximum absolute atomic E-state index is 12.4. The zero-order valence-electron chi connectivity index (χ0n) is 16.7. The van der Waals surface area contributed by atoms with Crippen LogP contribution in [-0.4, -0.2) is 18.4 Å². The second-order valence-electron chi connectivity index (χ2n) is 8.73. The van der Waals surface area contributed by atoms with Crippen molar-refractivity contribution in [1.29, 1.82) is 0 Å². The molecule has 4 nitrogen and oxygen atoms in total. The quantitative estimate of drug-likeness (QED) is 0.563. The van der Waals surface area contributed by atoms with Crippen LogP contribution in [0.5, 0.6) is 0 Å². The predicted molar refractivity (Wildman–Crippen MR) is 106 cm³/mol. The molecule has 2 aromatic rings. The molecule has 1 aromatic carbocycles. The van der Waals surface area contributed by atoms with Crippen molar-refractivity contribution in [2.75, 3.05) is 11.9 Å². The van der Waals surface area contributed by atoms with E-state index in [2.05, 4.69) is 52.6 Å². The molecule has 0 N–H and O–H groups in total. The van der Waals surface area contributed by atoms with E-state index >= 15 is 0 Å². The third kappa shape index (κ3) is 3.29. The van der Waals surface area contributed by atoms with Crippen molar-refractivity contribution in [1.82, 2.24) is 0 Å². The molecule has 0 amide bonds. The smallest absolute Gasteiger partial charge is 0.347 e. The minimum Gasteiger partial charge on any atom is -0.422 e. The van der Waals surface area contributed by atoms with Crippen LogP contribution in [0, 0.1) is 5.92 Å². The Labute approximate surface area is 155 Å². The maximum atomic E-state index is 12.4. The Morgan fingerprint density at radius 2 is 2.00 bits per heavy atom. The first-order valence-corrected chi connectivity index (χ1v) is 9.49. The lowest BCUT2D eigenvalue weighted by Crippen LogP contribution is -2.45. The SMILES string of the molecule is CC(C)CCC(=O)c1cc2cc3c(cc2oc1=O)N(C)C(C)(C)CC3C. The molecule has 0 saturated carbocycles. The molecule has 0 fully saturated rings. The summed E-state index contributed by atoms with van der Waals surface area (Å²) in [6.07, 6.45) is 2.21. The van der Waals surface area contributed by atoms with Crippen molar-refractivity contribution in [3.8, 4) is 0 Å². The van der Waals surface area contributed by atoms with Gasteiger partial charge >= 0.3 is 5.63 Å². The fourth-order valence-electron chi connectivity index (χ4n) is 3.93. The number of nitrogens with zero attached hydrogens (tertiary/aromatic N) is 1. The van der Waals surface area contributed by atoms with Crippen LogP contribution < -0.4 is 10.5 Å². The summed E-state index contributed by atoms with van der Waals surface area (Å²) in [5, 5.41) is 0.830. The van der Waals surface area contributed by atoms with Crippen molar-refractivity contribution >= 4 is 22.4 Å². The lowest BCUT2D eigenvalue weighted by molar-refractivity contribution is 0.0972. The summed E-state index contributed by atoms with van der Waals surface area (Å²) < 4.78 is 5.54. The molecule has 0 bridgehead atoms. The number of carbonyl (C=O) groups is 1. The first-order valence-electron chi connectivity index (χ1n) is 9.49. The summed E-state index contributed by atoms with van der Waals surface area (Å²) in [5.41, 5.74) is 2.59. The number of ketones is 1. The molecular weight excluding hydrogens is 326 g/mol. The van der Waals surface area contributed by atoms with Crippen molar-refractivity contribution < 1.29 is 9.21 Å². The van der Waals surface area contributed by atoms with Crippen molar-refractivity contribution in [3.63, 3.8) is 0 Å². The van der Waals surface area contributed by atoms with Crippen LogP contribution in [0.1, 0.15) is 75.7 Å². The Hall–Kier alpha value is -2.10. The Kier molecular flexibility index (Phi) is 4.72. The van der Waals surface area contributed by atoms with Gasteiger partial charge in [-0.2, -0.15) is 0 Å². The van der Waals surface area contributed by atoms with Crippen LogP contribution in [0.3, 0.4) is 0 Å². The zero-order valence-corrected chi connectivity index (χ0v) is 16.7. The fourth-order valence-corrected chi connectivity index (χ4v) is 3.93. The lowest BCUT2D eigenvalue weighted by atomic mass is 9.80. The number of hydrogen-bond donors (Lipinski definition) is 0. The van der Waals surface area contributed by atoms with Gasteiger partial charge < -0.3 is 9.32 Å². The molecule has 0 saturated heterocycles. The third-order valence-corrected chi connectivity index (χ3v) is 5.74. The second-order valence-corrected chi connectivity index (χ2v) is 8.73. The summed E-state index contributed by atoms with van der Waals surface area (Å²) in [6.45, 7) is 10.8. The van der Waals surface area contributed by atoms with E-state index in [9.17, 15) is 9.59 Å². The number of hydrogen-bond acceptors (Lipinski definition) is 4. The molecule has 1 aromatic heterocycles. The number of carbonyl (C=O) groups excluding carboxylic acids is 1. The molecule has 3 rings (SSSR count). The first kappa shape index (κ1) is 18.7. The van der Waals surface area contributed by atoms with Crippen molar-refractivity contribution in [2.45, 2.75) is 65.3 Å². The van der Waals surface area contributed by atoms with Crippen molar-refractivity contribution in [2.24, 2.45) is 5.92 Å². The average molecular weight is 355 g/mol. The second kappa shape index (κ2) is 6.57. The Morgan fingerprint density at radius 1 is 1.31 bits per heavy atom. The lowest BCUT2D eigenvalue weighted by Gasteiger charge is -2.45. The molecule has 2 heterocycles. The van der Waals surface area contributed by atoms with Crippen LogP contribution in [0.4, 0.5) is 5.69 Å². The fraction of sp³-hybridized carbons (Fsp3) is 0.545. The number of anilines is 1. The molecule has 4 heteroatoms. The van der Waals surface area contributed by atoms with E-state index in [1.807, 2.05) is 6.07 Å². The van der Waals surface area contributed by atoms with Crippen molar-refractivity contribution in [3.05, 3.63) is 39.7 Å².